The third-order valence-electron chi connectivity index (χ3n) is 4.14. The number of methoxy groups -OCH3 is 2. The van der Waals surface area contributed by atoms with E-state index in [1.165, 1.54) is 32.1 Å². The Labute approximate surface area is 112 Å². The van der Waals surface area contributed by atoms with E-state index in [1.807, 2.05) is 0 Å². The molecule has 0 radical (unpaired) electrons. The maximum atomic E-state index is 5.96. The zero-order valence-corrected chi connectivity index (χ0v) is 12.2. The van der Waals surface area contributed by atoms with Gasteiger partial charge in [0, 0.05) is 39.3 Å². The van der Waals surface area contributed by atoms with Gasteiger partial charge in [-0.15, -0.1) is 0 Å². The number of ether oxygens (including phenoxy) is 2. The molecule has 1 saturated carbocycles. The van der Waals surface area contributed by atoms with E-state index in [4.69, 9.17) is 15.2 Å². The van der Waals surface area contributed by atoms with E-state index in [-0.39, 0.29) is 6.29 Å². The first-order valence-electron chi connectivity index (χ1n) is 7.28. The van der Waals surface area contributed by atoms with Gasteiger partial charge in [0.15, 0.2) is 6.29 Å². The van der Waals surface area contributed by atoms with E-state index >= 15 is 0 Å². The molecule has 1 aliphatic rings. The highest BCUT2D eigenvalue weighted by Crippen LogP contribution is 2.25. The Morgan fingerprint density at radius 3 is 2.22 bits per heavy atom. The average molecular weight is 258 g/mol. The summed E-state index contributed by atoms with van der Waals surface area (Å²) in [4.78, 5) is 2.56. The van der Waals surface area contributed by atoms with Crippen molar-refractivity contribution >= 4 is 0 Å². The first-order valence-corrected chi connectivity index (χ1v) is 7.28. The monoisotopic (exact) mass is 258 g/mol. The molecule has 1 atom stereocenters. The molecule has 1 rings (SSSR count). The SMILES string of the molecule is CCN(C1CCCCC1)C(CN)CC(OC)OC. The molecule has 0 aromatic carbocycles. The number of hydrogen-bond donors (Lipinski definition) is 1. The molecular weight excluding hydrogens is 228 g/mol. The first kappa shape index (κ1) is 15.9. The largest absolute Gasteiger partial charge is 0.356 e. The summed E-state index contributed by atoms with van der Waals surface area (Å²) in [5.74, 6) is 0. The predicted octanol–water partition coefficient (Wildman–Crippen LogP) is 1.98. The minimum absolute atomic E-state index is 0.142. The molecular formula is C14H30N2O2. The van der Waals surface area contributed by atoms with Crippen LogP contribution in [0.2, 0.25) is 0 Å². The van der Waals surface area contributed by atoms with Crippen LogP contribution in [-0.2, 0) is 9.47 Å². The van der Waals surface area contributed by atoms with Gasteiger partial charge in [-0.25, -0.2) is 0 Å². The zero-order chi connectivity index (χ0) is 13.4. The third-order valence-corrected chi connectivity index (χ3v) is 4.14. The highest BCUT2D eigenvalue weighted by Gasteiger charge is 2.27. The van der Waals surface area contributed by atoms with Crippen LogP contribution in [-0.4, -0.2) is 50.6 Å². The molecule has 0 heterocycles. The van der Waals surface area contributed by atoms with Crippen molar-refractivity contribution in [2.75, 3.05) is 27.3 Å². The van der Waals surface area contributed by atoms with Gasteiger partial charge in [-0.05, 0) is 19.4 Å². The number of nitrogens with zero attached hydrogens (tertiary/aromatic N) is 1. The van der Waals surface area contributed by atoms with Crippen LogP contribution in [0.15, 0.2) is 0 Å². The van der Waals surface area contributed by atoms with Gasteiger partial charge < -0.3 is 15.2 Å². The highest BCUT2D eigenvalue weighted by molar-refractivity contribution is 4.82. The third kappa shape index (κ3) is 4.50. The van der Waals surface area contributed by atoms with Crippen LogP contribution in [0.25, 0.3) is 0 Å². The van der Waals surface area contributed by atoms with Gasteiger partial charge >= 0.3 is 0 Å². The van der Waals surface area contributed by atoms with Crippen LogP contribution < -0.4 is 5.73 Å². The van der Waals surface area contributed by atoms with E-state index in [0.717, 1.165) is 13.0 Å². The Morgan fingerprint density at radius 1 is 1.17 bits per heavy atom. The summed E-state index contributed by atoms with van der Waals surface area (Å²) < 4.78 is 10.6. The van der Waals surface area contributed by atoms with Crippen LogP contribution in [0.5, 0.6) is 0 Å². The number of rotatable bonds is 8. The fourth-order valence-electron chi connectivity index (χ4n) is 3.11. The zero-order valence-electron chi connectivity index (χ0n) is 12.2. The summed E-state index contributed by atoms with van der Waals surface area (Å²) in [7, 11) is 3.39. The topological polar surface area (TPSA) is 47.7 Å². The molecule has 0 amide bonds. The molecule has 0 spiro atoms. The highest BCUT2D eigenvalue weighted by atomic mass is 16.7. The van der Waals surface area contributed by atoms with Gasteiger partial charge in [0.05, 0.1) is 0 Å². The molecule has 0 saturated heterocycles. The molecule has 2 N–H and O–H groups in total. The van der Waals surface area contributed by atoms with Gasteiger partial charge in [0.25, 0.3) is 0 Å². The maximum Gasteiger partial charge on any atom is 0.158 e. The lowest BCUT2D eigenvalue weighted by Gasteiger charge is -2.39. The summed E-state index contributed by atoms with van der Waals surface area (Å²) in [6.07, 6.45) is 7.45. The lowest BCUT2D eigenvalue weighted by Crippen LogP contribution is -2.49. The molecule has 4 heteroatoms. The molecule has 0 bridgehead atoms. The Balaban J connectivity index is 2.57. The lowest BCUT2D eigenvalue weighted by molar-refractivity contribution is -0.118. The van der Waals surface area contributed by atoms with E-state index in [0.29, 0.717) is 18.6 Å². The molecule has 18 heavy (non-hydrogen) atoms. The fraction of sp³-hybridized carbons (Fsp3) is 1.00. The Hall–Kier alpha value is -0.160. The van der Waals surface area contributed by atoms with Crippen LogP contribution >= 0.6 is 0 Å². The van der Waals surface area contributed by atoms with Crippen LogP contribution in [0.4, 0.5) is 0 Å². The summed E-state index contributed by atoms with van der Waals surface area (Å²) in [6.45, 7) is 3.96. The smallest absolute Gasteiger partial charge is 0.158 e. The van der Waals surface area contributed by atoms with Crippen LogP contribution in [0.1, 0.15) is 45.4 Å². The number of nitrogens with two attached hydrogens (primary N) is 1. The molecule has 0 aromatic rings. The quantitative estimate of drug-likeness (QED) is 0.676. The van der Waals surface area contributed by atoms with E-state index < -0.39 is 0 Å². The van der Waals surface area contributed by atoms with E-state index in [9.17, 15) is 0 Å². The van der Waals surface area contributed by atoms with E-state index in [1.54, 1.807) is 14.2 Å². The fourth-order valence-corrected chi connectivity index (χ4v) is 3.11. The van der Waals surface area contributed by atoms with Crippen molar-refractivity contribution in [2.45, 2.75) is 63.8 Å². The van der Waals surface area contributed by atoms with E-state index in [2.05, 4.69) is 11.8 Å². The average Bonchev–Trinajstić information content (AvgIpc) is 2.44. The molecule has 0 aromatic heterocycles. The van der Waals surface area contributed by atoms with Gasteiger partial charge in [-0.2, -0.15) is 0 Å². The first-order chi connectivity index (χ1) is 8.76. The minimum Gasteiger partial charge on any atom is -0.356 e. The summed E-state index contributed by atoms with van der Waals surface area (Å²) in [5.41, 5.74) is 5.96. The molecule has 1 unspecified atom stereocenters. The predicted molar refractivity (Wildman–Crippen MR) is 74.5 cm³/mol. The molecule has 1 aliphatic carbocycles. The molecule has 108 valence electrons. The lowest BCUT2D eigenvalue weighted by atomic mass is 9.92. The standard InChI is InChI=1S/C14H30N2O2/c1-4-16(12-8-6-5-7-9-12)13(11-15)10-14(17-2)18-3/h12-14H,4-11,15H2,1-3H3. The number of likely N-dealkylation sites (N-methyl/N-ethyl adjacent to an activating group) is 1. The van der Waals surface area contributed by atoms with Crippen LogP contribution in [0, 0.1) is 0 Å². The number of hydrogen-bond acceptors (Lipinski definition) is 4. The normalized spacial score (nSPS) is 19.7. The van der Waals surface area contributed by atoms with Gasteiger partial charge in [-0.3, -0.25) is 4.90 Å². The second-order valence-electron chi connectivity index (χ2n) is 5.15. The molecule has 1 fully saturated rings. The Morgan fingerprint density at radius 2 is 1.78 bits per heavy atom. The minimum atomic E-state index is -0.142. The van der Waals surface area contributed by atoms with Crippen molar-refractivity contribution in [3.8, 4) is 0 Å². The molecule has 0 aliphatic heterocycles. The van der Waals surface area contributed by atoms with Crippen LogP contribution in [0.3, 0.4) is 0 Å². The van der Waals surface area contributed by atoms with Crippen molar-refractivity contribution in [3.05, 3.63) is 0 Å². The molecule has 4 nitrogen and oxygen atoms in total. The van der Waals surface area contributed by atoms with Crippen molar-refractivity contribution in [3.63, 3.8) is 0 Å². The second-order valence-corrected chi connectivity index (χ2v) is 5.15. The Bertz CT molecular complexity index is 204. The summed E-state index contributed by atoms with van der Waals surface area (Å²) >= 11 is 0. The van der Waals surface area contributed by atoms with Gasteiger partial charge in [-0.1, -0.05) is 26.2 Å². The van der Waals surface area contributed by atoms with Crippen molar-refractivity contribution in [2.24, 2.45) is 5.73 Å². The summed E-state index contributed by atoms with van der Waals surface area (Å²) in [6, 6.07) is 1.06. The Kier molecular flexibility index (Phi) is 7.82. The van der Waals surface area contributed by atoms with Crippen molar-refractivity contribution in [1.82, 2.24) is 4.90 Å². The maximum absolute atomic E-state index is 5.96. The summed E-state index contributed by atoms with van der Waals surface area (Å²) in [5, 5.41) is 0. The van der Waals surface area contributed by atoms with Crippen molar-refractivity contribution < 1.29 is 9.47 Å². The van der Waals surface area contributed by atoms with Gasteiger partial charge in [0.2, 0.25) is 0 Å². The second kappa shape index (κ2) is 8.86. The van der Waals surface area contributed by atoms with Gasteiger partial charge in [0.1, 0.15) is 0 Å². The van der Waals surface area contributed by atoms with Crippen molar-refractivity contribution in [1.29, 1.82) is 0 Å².